The first-order chi connectivity index (χ1) is 9.70. The number of aryl methyl sites for hydroxylation is 1. The van der Waals surface area contributed by atoms with Crippen molar-refractivity contribution in [1.82, 2.24) is 14.9 Å². The largest absolute Gasteiger partial charge is 0.370 e. The van der Waals surface area contributed by atoms with Crippen LogP contribution in [0, 0.1) is 6.92 Å². The van der Waals surface area contributed by atoms with E-state index in [-0.39, 0.29) is 0 Å². The van der Waals surface area contributed by atoms with E-state index in [0.29, 0.717) is 0 Å². The minimum atomic E-state index is 0.886. The summed E-state index contributed by atoms with van der Waals surface area (Å²) in [6.45, 7) is 7.00. The van der Waals surface area contributed by atoms with Gasteiger partial charge in [-0.2, -0.15) is 0 Å². The summed E-state index contributed by atoms with van der Waals surface area (Å²) in [7, 11) is 2.13. The van der Waals surface area contributed by atoms with E-state index in [1.807, 2.05) is 17.8 Å². The van der Waals surface area contributed by atoms with Gasteiger partial charge in [-0.25, -0.2) is 9.97 Å². The standard InChI is InChI=1S/C15H22N4S/c1-4-7-16-15-13(6-5-8-17-15)9-19(3)10-14-12(2)18-11-20-14/h5-6,8,11H,4,7,9-10H2,1-3H3,(H,16,17). The first-order valence-corrected chi connectivity index (χ1v) is 7.84. The number of rotatable bonds is 7. The van der Waals surface area contributed by atoms with E-state index in [1.165, 1.54) is 10.4 Å². The fourth-order valence-corrected chi connectivity index (χ4v) is 2.89. The Balaban J connectivity index is 2.00. The van der Waals surface area contributed by atoms with Crippen LogP contribution in [0.4, 0.5) is 5.82 Å². The number of nitrogens with zero attached hydrogens (tertiary/aromatic N) is 3. The lowest BCUT2D eigenvalue weighted by atomic mass is 10.2. The van der Waals surface area contributed by atoms with Gasteiger partial charge in [-0.15, -0.1) is 11.3 Å². The van der Waals surface area contributed by atoms with Gasteiger partial charge in [0.05, 0.1) is 11.2 Å². The van der Waals surface area contributed by atoms with E-state index in [1.54, 1.807) is 11.3 Å². The summed E-state index contributed by atoms with van der Waals surface area (Å²) in [6, 6.07) is 4.14. The summed E-state index contributed by atoms with van der Waals surface area (Å²) >= 11 is 1.72. The second-order valence-corrected chi connectivity index (χ2v) is 5.91. The number of aromatic nitrogens is 2. The summed E-state index contributed by atoms with van der Waals surface area (Å²) < 4.78 is 0. The van der Waals surface area contributed by atoms with Gasteiger partial charge in [0.25, 0.3) is 0 Å². The van der Waals surface area contributed by atoms with Crippen LogP contribution in [0.1, 0.15) is 29.5 Å². The zero-order valence-corrected chi connectivity index (χ0v) is 13.2. The Hall–Kier alpha value is -1.46. The molecule has 0 aromatic carbocycles. The molecule has 1 N–H and O–H groups in total. The topological polar surface area (TPSA) is 41.1 Å². The molecule has 2 aromatic heterocycles. The summed E-state index contributed by atoms with van der Waals surface area (Å²) in [5, 5.41) is 3.39. The van der Waals surface area contributed by atoms with Crippen LogP contribution in [0.3, 0.4) is 0 Å². The van der Waals surface area contributed by atoms with Gasteiger partial charge in [0.1, 0.15) is 5.82 Å². The quantitative estimate of drug-likeness (QED) is 0.849. The molecule has 0 unspecified atom stereocenters. The smallest absolute Gasteiger partial charge is 0.130 e. The molecule has 0 bridgehead atoms. The van der Waals surface area contributed by atoms with Gasteiger partial charge in [0, 0.05) is 36.3 Å². The Morgan fingerprint density at radius 3 is 2.85 bits per heavy atom. The van der Waals surface area contributed by atoms with Crippen LogP contribution in [0.25, 0.3) is 0 Å². The maximum absolute atomic E-state index is 4.44. The Morgan fingerprint density at radius 2 is 2.15 bits per heavy atom. The highest BCUT2D eigenvalue weighted by Crippen LogP contribution is 2.18. The monoisotopic (exact) mass is 290 g/mol. The van der Waals surface area contributed by atoms with Crippen molar-refractivity contribution in [2.24, 2.45) is 0 Å². The molecule has 0 radical (unpaired) electrons. The van der Waals surface area contributed by atoms with Crippen LogP contribution in [0.15, 0.2) is 23.8 Å². The summed E-state index contributed by atoms with van der Waals surface area (Å²) in [6.07, 6.45) is 2.95. The van der Waals surface area contributed by atoms with E-state index in [2.05, 4.69) is 47.1 Å². The fraction of sp³-hybridized carbons (Fsp3) is 0.467. The molecular weight excluding hydrogens is 268 g/mol. The van der Waals surface area contributed by atoms with E-state index >= 15 is 0 Å². The molecule has 0 aliphatic carbocycles. The number of nitrogens with one attached hydrogen (secondary N) is 1. The first-order valence-electron chi connectivity index (χ1n) is 6.96. The maximum atomic E-state index is 4.44. The van der Waals surface area contributed by atoms with E-state index < -0.39 is 0 Å². The molecule has 0 amide bonds. The van der Waals surface area contributed by atoms with Gasteiger partial charge in [-0.3, -0.25) is 4.90 Å². The minimum absolute atomic E-state index is 0.886. The fourth-order valence-electron chi connectivity index (χ4n) is 2.04. The second kappa shape index (κ2) is 7.36. The van der Waals surface area contributed by atoms with Gasteiger partial charge < -0.3 is 5.32 Å². The first kappa shape index (κ1) is 14.9. The van der Waals surface area contributed by atoms with E-state index in [4.69, 9.17) is 0 Å². The molecule has 0 saturated carbocycles. The van der Waals surface area contributed by atoms with Crippen LogP contribution >= 0.6 is 11.3 Å². The molecule has 0 saturated heterocycles. The van der Waals surface area contributed by atoms with Crippen LogP contribution in [-0.4, -0.2) is 28.5 Å². The zero-order valence-electron chi connectivity index (χ0n) is 12.4. The third kappa shape index (κ3) is 4.02. The Labute approximate surface area is 124 Å². The highest BCUT2D eigenvalue weighted by atomic mass is 32.1. The number of hydrogen-bond acceptors (Lipinski definition) is 5. The molecule has 2 heterocycles. The van der Waals surface area contributed by atoms with Crippen molar-refractivity contribution >= 4 is 17.2 Å². The summed E-state index contributed by atoms with van der Waals surface area (Å²) in [5.74, 6) is 1.00. The Kier molecular flexibility index (Phi) is 5.49. The van der Waals surface area contributed by atoms with Crippen LogP contribution in [0.2, 0.25) is 0 Å². The highest BCUT2D eigenvalue weighted by molar-refractivity contribution is 7.09. The number of anilines is 1. The molecule has 5 heteroatoms. The lowest BCUT2D eigenvalue weighted by Gasteiger charge is -2.18. The molecule has 108 valence electrons. The maximum Gasteiger partial charge on any atom is 0.130 e. The lowest BCUT2D eigenvalue weighted by molar-refractivity contribution is 0.321. The average Bonchev–Trinajstić information content (AvgIpc) is 2.83. The molecule has 0 fully saturated rings. The molecule has 20 heavy (non-hydrogen) atoms. The number of hydrogen-bond donors (Lipinski definition) is 1. The molecular formula is C15H22N4S. The van der Waals surface area contributed by atoms with E-state index in [0.717, 1.165) is 37.6 Å². The Morgan fingerprint density at radius 1 is 1.30 bits per heavy atom. The van der Waals surface area contributed by atoms with Gasteiger partial charge in [-0.1, -0.05) is 13.0 Å². The molecule has 4 nitrogen and oxygen atoms in total. The minimum Gasteiger partial charge on any atom is -0.370 e. The highest BCUT2D eigenvalue weighted by Gasteiger charge is 2.09. The van der Waals surface area contributed by atoms with Gasteiger partial charge >= 0.3 is 0 Å². The number of thiazole rings is 1. The molecule has 0 aliphatic rings. The van der Waals surface area contributed by atoms with E-state index in [9.17, 15) is 0 Å². The third-order valence-corrected chi connectivity index (χ3v) is 4.05. The van der Waals surface area contributed by atoms with Crippen LogP contribution in [0.5, 0.6) is 0 Å². The molecule has 2 rings (SSSR count). The molecule has 0 spiro atoms. The normalized spacial score (nSPS) is 11.0. The predicted octanol–water partition coefficient (Wildman–Crippen LogP) is 3.30. The van der Waals surface area contributed by atoms with Gasteiger partial charge in [0.2, 0.25) is 0 Å². The van der Waals surface area contributed by atoms with Crippen molar-refractivity contribution in [3.8, 4) is 0 Å². The molecule has 0 atom stereocenters. The van der Waals surface area contributed by atoms with Crippen molar-refractivity contribution in [2.45, 2.75) is 33.4 Å². The Bertz CT molecular complexity index is 538. The lowest BCUT2D eigenvalue weighted by Crippen LogP contribution is -2.18. The summed E-state index contributed by atoms with van der Waals surface area (Å²) in [4.78, 5) is 12.4. The molecule has 2 aromatic rings. The van der Waals surface area contributed by atoms with Gasteiger partial charge in [-0.05, 0) is 26.5 Å². The predicted molar refractivity (Wildman–Crippen MR) is 85.0 cm³/mol. The van der Waals surface area contributed by atoms with Crippen LogP contribution in [-0.2, 0) is 13.1 Å². The SMILES string of the molecule is CCCNc1ncccc1CN(C)Cc1scnc1C. The van der Waals surface area contributed by atoms with Gasteiger partial charge in [0.15, 0.2) is 0 Å². The van der Waals surface area contributed by atoms with Crippen molar-refractivity contribution < 1.29 is 0 Å². The van der Waals surface area contributed by atoms with Crippen molar-refractivity contribution in [2.75, 3.05) is 18.9 Å². The summed E-state index contributed by atoms with van der Waals surface area (Å²) in [5.41, 5.74) is 4.29. The number of pyridine rings is 1. The van der Waals surface area contributed by atoms with Crippen LogP contribution < -0.4 is 5.32 Å². The zero-order chi connectivity index (χ0) is 14.4. The van der Waals surface area contributed by atoms with Crippen molar-refractivity contribution in [3.05, 3.63) is 40.0 Å². The second-order valence-electron chi connectivity index (χ2n) is 4.97. The average molecular weight is 290 g/mol. The third-order valence-electron chi connectivity index (χ3n) is 3.13. The van der Waals surface area contributed by atoms with Crippen molar-refractivity contribution in [3.63, 3.8) is 0 Å². The molecule has 0 aliphatic heterocycles. The van der Waals surface area contributed by atoms with Crippen molar-refractivity contribution in [1.29, 1.82) is 0 Å².